The van der Waals surface area contributed by atoms with Gasteiger partial charge in [0.25, 0.3) is 0 Å². The molecule has 1 saturated heterocycles. The van der Waals surface area contributed by atoms with Crippen LogP contribution < -0.4 is 29.7 Å². The van der Waals surface area contributed by atoms with E-state index < -0.39 is 0 Å². The first kappa shape index (κ1) is 21.4. The second-order valence-electron chi connectivity index (χ2n) is 6.94. The molecule has 0 saturated carbocycles. The minimum atomic E-state index is 0.377. The zero-order chi connectivity index (χ0) is 22.3. The van der Waals surface area contributed by atoms with Crippen LogP contribution in [0.15, 0.2) is 42.7 Å². The van der Waals surface area contributed by atoms with Crippen LogP contribution in [0.25, 0.3) is 0 Å². The molecule has 32 heavy (non-hydrogen) atoms. The first-order valence-corrected chi connectivity index (χ1v) is 10.2. The van der Waals surface area contributed by atoms with Gasteiger partial charge in [0, 0.05) is 42.3 Å². The summed E-state index contributed by atoms with van der Waals surface area (Å²) in [4.78, 5) is 15.2. The molecule has 0 unspecified atom stereocenters. The van der Waals surface area contributed by atoms with E-state index >= 15 is 0 Å². The highest BCUT2D eigenvalue weighted by molar-refractivity contribution is 5.66. The molecular weight excluding hydrogens is 412 g/mol. The van der Waals surface area contributed by atoms with Crippen molar-refractivity contribution in [3.63, 3.8) is 0 Å². The Balaban J connectivity index is 1.47. The number of benzene rings is 2. The van der Waals surface area contributed by atoms with Crippen molar-refractivity contribution in [3.05, 3.63) is 42.7 Å². The Hall–Kier alpha value is -3.79. The van der Waals surface area contributed by atoms with Gasteiger partial charge in [0.05, 0.1) is 34.5 Å². The largest absolute Gasteiger partial charge is 0.493 e. The van der Waals surface area contributed by atoms with E-state index in [0.717, 1.165) is 32.0 Å². The maximum atomic E-state index is 5.41. The molecule has 168 valence electrons. The molecule has 2 heterocycles. The molecule has 1 aliphatic heterocycles. The molecule has 10 heteroatoms. The lowest BCUT2D eigenvalue weighted by atomic mass is 10.2. The SMILES string of the molecule is COc1cc(Nc2ncnc(Nc3ccc(N4CCOCC4)cc3)n2)cc(OC)c1OC. The fraction of sp³-hybridized carbons (Fsp3) is 0.318. The van der Waals surface area contributed by atoms with Crippen molar-refractivity contribution in [2.75, 3.05) is 63.2 Å². The van der Waals surface area contributed by atoms with Crippen molar-refractivity contribution in [1.29, 1.82) is 0 Å². The van der Waals surface area contributed by atoms with E-state index in [4.69, 9.17) is 18.9 Å². The molecule has 0 atom stereocenters. The summed E-state index contributed by atoms with van der Waals surface area (Å²) in [6, 6.07) is 11.7. The minimum Gasteiger partial charge on any atom is -0.493 e. The first-order valence-electron chi connectivity index (χ1n) is 10.2. The van der Waals surface area contributed by atoms with Crippen LogP contribution in [0.3, 0.4) is 0 Å². The third kappa shape index (κ3) is 4.92. The van der Waals surface area contributed by atoms with Gasteiger partial charge in [-0.15, -0.1) is 0 Å². The molecule has 10 nitrogen and oxygen atoms in total. The number of morpholine rings is 1. The van der Waals surface area contributed by atoms with Crippen LogP contribution in [0.1, 0.15) is 0 Å². The number of rotatable bonds is 8. The molecule has 0 amide bonds. The number of aromatic nitrogens is 3. The van der Waals surface area contributed by atoms with Gasteiger partial charge in [-0.25, -0.2) is 9.97 Å². The molecule has 1 fully saturated rings. The Morgan fingerprint density at radius 1 is 0.812 bits per heavy atom. The molecule has 1 aliphatic rings. The van der Waals surface area contributed by atoms with Gasteiger partial charge in [-0.3, -0.25) is 0 Å². The van der Waals surface area contributed by atoms with E-state index in [1.54, 1.807) is 33.5 Å². The maximum Gasteiger partial charge on any atom is 0.232 e. The van der Waals surface area contributed by atoms with Gasteiger partial charge >= 0.3 is 0 Å². The molecule has 0 spiro atoms. The summed E-state index contributed by atoms with van der Waals surface area (Å²) < 4.78 is 21.6. The number of nitrogens with one attached hydrogen (secondary N) is 2. The van der Waals surface area contributed by atoms with Crippen molar-refractivity contribution in [2.45, 2.75) is 0 Å². The Morgan fingerprint density at radius 3 is 1.97 bits per heavy atom. The zero-order valence-electron chi connectivity index (χ0n) is 18.3. The molecule has 1 aromatic heterocycles. The quantitative estimate of drug-likeness (QED) is 0.545. The lowest BCUT2D eigenvalue weighted by molar-refractivity contribution is 0.122. The third-order valence-electron chi connectivity index (χ3n) is 4.99. The van der Waals surface area contributed by atoms with Crippen LogP contribution in [-0.4, -0.2) is 62.6 Å². The number of methoxy groups -OCH3 is 3. The van der Waals surface area contributed by atoms with Gasteiger partial charge in [0.15, 0.2) is 11.5 Å². The van der Waals surface area contributed by atoms with E-state index in [-0.39, 0.29) is 0 Å². The summed E-state index contributed by atoms with van der Waals surface area (Å²) in [6.45, 7) is 3.31. The van der Waals surface area contributed by atoms with Crippen molar-refractivity contribution in [2.24, 2.45) is 0 Å². The highest BCUT2D eigenvalue weighted by Crippen LogP contribution is 2.40. The second kappa shape index (κ2) is 10.0. The van der Waals surface area contributed by atoms with Crippen LogP contribution in [0.4, 0.5) is 29.0 Å². The normalized spacial score (nSPS) is 13.4. The summed E-state index contributed by atoms with van der Waals surface area (Å²) in [5.74, 6) is 2.37. The van der Waals surface area contributed by atoms with Gasteiger partial charge in [-0.1, -0.05) is 0 Å². The monoisotopic (exact) mass is 438 g/mol. The van der Waals surface area contributed by atoms with Gasteiger partial charge in [-0.2, -0.15) is 4.98 Å². The molecule has 0 radical (unpaired) electrons. The van der Waals surface area contributed by atoms with Gasteiger partial charge in [0.1, 0.15) is 6.33 Å². The number of nitrogens with zero attached hydrogens (tertiary/aromatic N) is 4. The average Bonchev–Trinajstić information content (AvgIpc) is 2.84. The summed E-state index contributed by atoms with van der Waals surface area (Å²) in [7, 11) is 4.69. The Labute approximate surface area is 186 Å². The lowest BCUT2D eigenvalue weighted by Gasteiger charge is -2.28. The molecular formula is C22H26N6O4. The standard InChI is InChI=1S/C22H26N6O4/c1-29-18-12-16(13-19(30-2)20(18)31-3)26-22-24-14-23-21(27-22)25-15-4-6-17(7-5-15)28-8-10-32-11-9-28/h4-7,12-14H,8-11H2,1-3H3,(H2,23,24,25,26,27). The predicted molar refractivity (Wildman–Crippen MR) is 122 cm³/mol. The summed E-state index contributed by atoms with van der Waals surface area (Å²) in [5.41, 5.74) is 2.73. The van der Waals surface area contributed by atoms with Crippen molar-refractivity contribution >= 4 is 29.0 Å². The number of hydrogen-bond donors (Lipinski definition) is 2. The summed E-state index contributed by atoms with van der Waals surface area (Å²) in [6.07, 6.45) is 1.44. The lowest BCUT2D eigenvalue weighted by Crippen LogP contribution is -2.36. The fourth-order valence-corrected chi connectivity index (χ4v) is 3.41. The molecule has 2 N–H and O–H groups in total. The van der Waals surface area contributed by atoms with Crippen molar-refractivity contribution in [3.8, 4) is 17.2 Å². The Morgan fingerprint density at radius 2 is 1.41 bits per heavy atom. The third-order valence-corrected chi connectivity index (χ3v) is 4.99. The van der Waals surface area contributed by atoms with E-state index in [1.807, 2.05) is 12.1 Å². The minimum absolute atomic E-state index is 0.377. The van der Waals surface area contributed by atoms with Gasteiger partial charge in [-0.05, 0) is 24.3 Å². The number of hydrogen-bond acceptors (Lipinski definition) is 10. The van der Waals surface area contributed by atoms with E-state index in [0.29, 0.717) is 34.8 Å². The summed E-state index contributed by atoms with van der Waals surface area (Å²) >= 11 is 0. The van der Waals surface area contributed by atoms with Crippen molar-refractivity contribution in [1.82, 2.24) is 15.0 Å². The van der Waals surface area contributed by atoms with E-state index in [1.165, 1.54) is 12.0 Å². The Bertz CT molecular complexity index is 1020. The van der Waals surface area contributed by atoms with Crippen LogP contribution >= 0.6 is 0 Å². The summed E-state index contributed by atoms with van der Waals surface area (Å²) in [5, 5.41) is 6.36. The second-order valence-corrected chi connectivity index (χ2v) is 6.94. The molecule has 0 aliphatic carbocycles. The van der Waals surface area contributed by atoms with E-state index in [9.17, 15) is 0 Å². The van der Waals surface area contributed by atoms with Crippen LogP contribution in [0.5, 0.6) is 17.2 Å². The topological polar surface area (TPSA) is 103 Å². The van der Waals surface area contributed by atoms with Crippen LogP contribution in [0, 0.1) is 0 Å². The van der Waals surface area contributed by atoms with Crippen LogP contribution in [-0.2, 0) is 4.74 Å². The van der Waals surface area contributed by atoms with Gasteiger partial charge in [0.2, 0.25) is 17.6 Å². The smallest absolute Gasteiger partial charge is 0.232 e. The average molecular weight is 438 g/mol. The number of ether oxygens (including phenoxy) is 4. The molecule has 3 aromatic rings. The fourth-order valence-electron chi connectivity index (χ4n) is 3.41. The van der Waals surface area contributed by atoms with E-state index in [2.05, 4.69) is 42.6 Å². The Kier molecular flexibility index (Phi) is 6.71. The maximum absolute atomic E-state index is 5.41. The molecule has 4 rings (SSSR count). The van der Waals surface area contributed by atoms with Crippen LogP contribution in [0.2, 0.25) is 0 Å². The first-order chi connectivity index (χ1) is 15.7. The number of anilines is 5. The molecule has 0 bridgehead atoms. The predicted octanol–water partition coefficient (Wildman–Crippen LogP) is 3.22. The zero-order valence-corrected chi connectivity index (χ0v) is 18.3. The highest BCUT2D eigenvalue weighted by atomic mass is 16.5. The molecule has 2 aromatic carbocycles. The van der Waals surface area contributed by atoms with Crippen molar-refractivity contribution < 1.29 is 18.9 Å². The van der Waals surface area contributed by atoms with Gasteiger partial charge < -0.3 is 34.5 Å². The highest BCUT2D eigenvalue weighted by Gasteiger charge is 2.14.